The molecule has 0 bridgehead atoms. The third-order valence-electron chi connectivity index (χ3n) is 4.71. The van der Waals surface area contributed by atoms with Gasteiger partial charge in [-0.05, 0) is 37.4 Å². The molecule has 9 nitrogen and oxygen atoms in total. The highest BCUT2D eigenvalue weighted by atomic mass is 32.2. The van der Waals surface area contributed by atoms with Gasteiger partial charge in [-0.1, -0.05) is 12.1 Å². The van der Waals surface area contributed by atoms with Gasteiger partial charge >= 0.3 is 0 Å². The highest BCUT2D eigenvalue weighted by Gasteiger charge is 2.16. The largest absolute Gasteiger partial charge is 0.318 e. The first-order valence-electron chi connectivity index (χ1n) is 9.50. The van der Waals surface area contributed by atoms with Gasteiger partial charge in [0.15, 0.2) is 0 Å². The molecule has 2 heterocycles. The van der Waals surface area contributed by atoms with Crippen LogP contribution < -0.4 is 5.32 Å². The molecule has 1 N–H and O–H groups in total. The van der Waals surface area contributed by atoms with E-state index in [1.54, 1.807) is 34.6 Å². The number of hydrogen-bond donors (Lipinski definition) is 1. The van der Waals surface area contributed by atoms with Gasteiger partial charge in [-0.25, -0.2) is 9.67 Å². The van der Waals surface area contributed by atoms with Gasteiger partial charge in [0.1, 0.15) is 18.2 Å². The first kappa shape index (κ1) is 20.6. The Morgan fingerprint density at radius 2 is 1.94 bits per heavy atom. The van der Waals surface area contributed by atoms with E-state index in [1.165, 1.54) is 12.1 Å². The quantitative estimate of drug-likeness (QED) is 0.347. The fourth-order valence-electron chi connectivity index (χ4n) is 3.37. The van der Waals surface area contributed by atoms with Gasteiger partial charge in [0, 0.05) is 18.2 Å². The van der Waals surface area contributed by atoms with Gasteiger partial charge in [-0.2, -0.15) is 16.9 Å². The summed E-state index contributed by atoms with van der Waals surface area (Å²) in [7, 11) is 0. The molecule has 0 aliphatic carbocycles. The van der Waals surface area contributed by atoms with Crippen LogP contribution in [0, 0.1) is 17.0 Å². The number of imidazole rings is 1. The molecule has 0 unspecified atom stereocenters. The van der Waals surface area contributed by atoms with Crippen LogP contribution in [0.25, 0.3) is 16.7 Å². The number of para-hydroxylation sites is 2. The van der Waals surface area contributed by atoms with E-state index in [0.29, 0.717) is 23.0 Å². The van der Waals surface area contributed by atoms with Crippen molar-refractivity contribution in [2.75, 3.05) is 11.6 Å². The number of aryl methyl sites for hydroxylation is 1. The van der Waals surface area contributed by atoms with Gasteiger partial charge in [-0.3, -0.25) is 14.9 Å². The summed E-state index contributed by atoms with van der Waals surface area (Å²) in [6.07, 6.45) is 2.00. The molecule has 0 aliphatic heterocycles. The molecule has 2 aromatic carbocycles. The lowest BCUT2D eigenvalue weighted by atomic mass is 10.3. The van der Waals surface area contributed by atoms with Crippen molar-refractivity contribution in [2.45, 2.75) is 19.2 Å². The zero-order chi connectivity index (χ0) is 22.0. The molecule has 4 aromatic rings. The Hall–Kier alpha value is -3.66. The van der Waals surface area contributed by atoms with E-state index in [-0.39, 0.29) is 18.1 Å². The minimum atomic E-state index is -0.456. The number of carbonyl (C=O) groups excluding carboxylic acids is 1. The van der Waals surface area contributed by atoms with Crippen molar-refractivity contribution in [1.82, 2.24) is 19.3 Å². The van der Waals surface area contributed by atoms with Crippen molar-refractivity contribution in [3.63, 3.8) is 0 Å². The number of aromatic nitrogens is 4. The van der Waals surface area contributed by atoms with Gasteiger partial charge < -0.3 is 9.88 Å². The molecule has 0 atom stereocenters. The minimum absolute atomic E-state index is 0.00785. The Morgan fingerprint density at radius 1 is 1.19 bits per heavy atom. The molecule has 0 spiro atoms. The molecule has 0 fully saturated rings. The Morgan fingerprint density at radius 3 is 2.65 bits per heavy atom. The fourth-order valence-corrected chi connectivity index (χ4v) is 3.85. The number of amides is 1. The minimum Gasteiger partial charge on any atom is -0.318 e. The fraction of sp³-hybridized carbons (Fsp3) is 0.190. The summed E-state index contributed by atoms with van der Waals surface area (Å²) >= 11 is 1.64. The Kier molecular flexibility index (Phi) is 5.72. The van der Waals surface area contributed by atoms with Crippen LogP contribution in [0.5, 0.6) is 0 Å². The average molecular weight is 436 g/mol. The molecule has 1 amide bonds. The Bertz CT molecular complexity index is 1260. The molecular formula is C21H20N6O3S. The Balaban J connectivity index is 1.60. The number of rotatable bonds is 7. The summed E-state index contributed by atoms with van der Waals surface area (Å²) in [6, 6.07) is 15.5. The lowest BCUT2D eigenvalue weighted by molar-refractivity contribution is -0.384. The second-order valence-electron chi connectivity index (χ2n) is 6.94. The maximum atomic E-state index is 12.9. The normalized spacial score (nSPS) is 11.0. The maximum absolute atomic E-state index is 12.9. The predicted octanol–water partition coefficient (Wildman–Crippen LogP) is 3.94. The standard InChI is InChI=1S/C21H20N6O3S/c1-14-11-19(26(24-14)15-7-9-16(10-8-15)27(29)30)23-21(28)12-25-18-6-4-3-5-17(18)22-20(25)13-31-2/h3-11H,12-13H2,1-2H3,(H,23,28). The van der Waals surface area contributed by atoms with Crippen molar-refractivity contribution in [1.29, 1.82) is 0 Å². The summed E-state index contributed by atoms with van der Waals surface area (Å²) in [6.45, 7) is 1.93. The SMILES string of the molecule is CSCc1nc2ccccc2n1CC(=O)Nc1cc(C)nn1-c1ccc([N+](=O)[O-])cc1. The Labute approximate surface area is 182 Å². The van der Waals surface area contributed by atoms with Gasteiger partial charge in [0.2, 0.25) is 5.91 Å². The van der Waals surface area contributed by atoms with Crippen molar-refractivity contribution in [3.05, 3.63) is 76.2 Å². The molecule has 0 radical (unpaired) electrons. The summed E-state index contributed by atoms with van der Waals surface area (Å²) < 4.78 is 3.48. The molecule has 158 valence electrons. The number of hydrogen-bond acceptors (Lipinski definition) is 6. The first-order chi connectivity index (χ1) is 15.0. The van der Waals surface area contributed by atoms with E-state index in [4.69, 9.17) is 0 Å². The number of nitrogens with zero attached hydrogens (tertiary/aromatic N) is 5. The predicted molar refractivity (Wildman–Crippen MR) is 121 cm³/mol. The van der Waals surface area contributed by atoms with Crippen LogP contribution in [0.1, 0.15) is 11.5 Å². The molecule has 4 rings (SSSR count). The molecule has 0 aliphatic rings. The van der Waals surface area contributed by atoms with Crippen LogP contribution in [-0.4, -0.2) is 36.4 Å². The second kappa shape index (κ2) is 8.60. The smallest absolute Gasteiger partial charge is 0.269 e. The molecule has 10 heteroatoms. The topological polar surface area (TPSA) is 108 Å². The first-order valence-corrected chi connectivity index (χ1v) is 10.9. The number of nitro groups is 1. The van der Waals surface area contributed by atoms with E-state index in [0.717, 1.165) is 16.9 Å². The average Bonchev–Trinajstić information content (AvgIpc) is 3.28. The van der Waals surface area contributed by atoms with Crippen LogP contribution in [0.4, 0.5) is 11.5 Å². The van der Waals surface area contributed by atoms with Gasteiger partial charge in [0.05, 0.1) is 33.1 Å². The third kappa shape index (κ3) is 4.29. The summed E-state index contributed by atoms with van der Waals surface area (Å²) in [5.41, 5.74) is 3.08. The van der Waals surface area contributed by atoms with Crippen molar-refractivity contribution < 1.29 is 9.72 Å². The van der Waals surface area contributed by atoms with Gasteiger partial charge in [0.25, 0.3) is 5.69 Å². The van der Waals surface area contributed by atoms with Crippen molar-refractivity contribution in [3.8, 4) is 5.69 Å². The summed E-state index contributed by atoms with van der Waals surface area (Å²) in [4.78, 5) is 28.0. The number of carbonyl (C=O) groups is 1. The number of thioether (sulfide) groups is 1. The van der Waals surface area contributed by atoms with E-state index in [1.807, 2.05) is 42.0 Å². The second-order valence-corrected chi connectivity index (χ2v) is 7.81. The lowest BCUT2D eigenvalue weighted by Crippen LogP contribution is -2.21. The molecule has 31 heavy (non-hydrogen) atoms. The van der Waals surface area contributed by atoms with Crippen LogP contribution >= 0.6 is 11.8 Å². The van der Waals surface area contributed by atoms with E-state index in [9.17, 15) is 14.9 Å². The molecular weight excluding hydrogens is 416 g/mol. The molecule has 2 aromatic heterocycles. The lowest BCUT2D eigenvalue weighted by Gasteiger charge is -2.11. The number of anilines is 1. The number of benzene rings is 2. The number of non-ortho nitro benzene ring substituents is 1. The maximum Gasteiger partial charge on any atom is 0.269 e. The monoisotopic (exact) mass is 436 g/mol. The van der Waals surface area contributed by atoms with Crippen LogP contribution in [0.15, 0.2) is 54.6 Å². The van der Waals surface area contributed by atoms with Crippen LogP contribution in [0.3, 0.4) is 0 Å². The number of nitrogens with one attached hydrogen (secondary N) is 1. The number of nitro benzene ring substituents is 1. The molecule has 0 saturated heterocycles. The van der Waals surface area contributed by atoms with Gasteiger partial charge in [-0.15, -0.1) is 0 Å². The van der Waals surface area contributed by atoms with Crippen molar-refractivity contribution >= 4 is 40.2 Å². The summed E-state index contributed by atoms with van der Waals surface area (Å²) in [5.74, 6) is 1.81. The number of fused-ring (bicyclic) bond motifs is 1. The van der Waals surface area contributed by atoms with Crippen LogP contribution in [0.2, 0.25) is 0 Å². The van der Waals surface area contributed by atoms with Crippen LogP contribution in [-0.2, 0) is 17.1 Å². The van der Waals surface area contributed by atoms with E-state index >= 15 is 0 Å². The third-order valence-corrected chi connectivity index (χ3v) is 5.26. The molecule has 0 saturated carbocycles. The highest BCUT2D eigenvalue weighted by molar-refractivity contribution is 7.97. The highest BCUT2D eigenvalue weighted by Crippen LogP contribution is 2.22. The summed E-state index contributed by atoms with van der Waals surface area (Å²) in [5, 5.41) is 18.2. The van der Waals surface area contributed by atoms with E-state index in [2.05, 4.69) is 15.4 Å². The zero-order valence-electron chi connectivity index (χ0n) is 17.0. The zero-order valence-corrected chi connectivity index (χ0v) is 17.8. The van der Waals surface area contributed by atoms with Crippen molar-refractivity contribution in [2.24, 2.45) is 0 Å². The van der Waals surface area contributed by atoms with E-state index < -0.39 is 4.92 Å².